The molecule has 0 fully saturated rings. The second kappa shape index (κ2) is 6.43. The second-order valence-electron chi connectivity index (χ2n) is 4.15. The third-order valence-electron chi connectivity index (χ3n) is 2.66. The first-order valence-electron chi connectivity index (χ1n) is 6.19. The molecule has 5 heteroatoms. The Balaban J connectivity index is 2.17. The highest BCUT2D eigenvalue weighted by Gasteiger charge is 2.10. The number of halogens is 1. The summed E-state index contributed by atoms with van der Waals surface area (Å²) in [6, 6.07) is 12.4. The van der Waals surface area contributed by atoms with Crippen LogP contribution in [0.2, 0.25) is 0 Å². The van der Waals surface area contributed by atoms with E-state index >= 15 is 0 Å². The molecule has 2 rings (SSSR count). The van der Waals surface area contributed by atoms with E-state index in [1.807, 2.05) is 19.1 Å². The fourth-order valence-electron chi connectivity index (χ4n) is 1.77. The predicted molar refractivity (Wildman–Crippen MR) is 84.1 cm³/mol. The Morgan fingerprint density at radius 1 is 1.30 bits per heavy atom. The Labute approximate surface area is 126 Å². The third kappa shape index (κ3) is 3.51. The maximum atomic E-state index is 12.2. The molecule has 0 radical (unpaired) electrons. The SMILES string of the molecule is CCOc1cccc(NC(=O)c2ccc(Br)cc2N)c1. The molecule has 0 spiro atoms. The zero-order valence-electron chi connectivity index (χ0n) is 11.0. The summed E-state index contributed by atoms with van der Waals surface area (Å²) in [5.41, 5.74) is 7.38. The van der Waals surface area contributed by atoms with Crippen molar-refractivity contribution in [3.8, 4) is 5.75 Å². The molecule has 0 aromatic heterocycles. The number of ether oxygens (including phenoxy) is 1. The monoisotopic (exact) mass is 334 g/mol. The minimum atomic E-state index is -0.247. The van der Waals surface area contributed by atoms with Gasteiger partial charge >= 0.3 is 0 Å². The van der Waals surface area contributed by atoms with Crippen LogP contribution in [-0.4, -0.2) is 12.5 Å². The molecule has 20 heavy (non-hydrogen) atoms. The molecule has 2 aromatic carbocycles. The standard InChI is InChI=1S/C15H15BrN2O2/c1-2-20-12-5-3-4-11(9-12)18-15(19)13-7-6-10(16)8-14(13)17/h3-9H,2,17H2,1H3,(H,18,19). The lowest BCUT2D eigenvalue weighted by molar-refractivity contribution is 0.102. The van der Waals surface area contributed by atoms with E-state index in [2.05, 4.69) is 21.2 Å². The largest absolute Gasteiger partial charge is 0.494 e. The average molecular weight is 335 g/mol. The van der Waals surface area contributed by atoms with Crippen molar-refractivity contribution in [3.63, 3.8) is 0 Å². The van der Waals surface area contributed by atoms with Gasteiger partial charge in [-0.1, -0.05) is 22.0 Å². The highest BCUT2D eigenvalue weighted by atomic mass is 79.9. The number of hydrogen-bond donors (Lipinski definition) is 2. The average Bonchev–Trinajstić information content (AvgIpc) is 2.39. The van der Waals surface area contributed by atoms with Crippen molar-refractivity contribution in [2.24, 2.45) is 0 Å². The van der Waals surface area contributed by atoms with Crippen molar-refractivity contribution >= 4 is 33.2 Å². The van der Waals surface area contributed by atoms with Crippen LogP contribution in [0.5, 0.6) is 5.75 Å². The van der Waals surface area contributed by atoms with Crippen LogP contribution >= 0.6 is 15.9 Å². The molecule has 0 atom stereocenters. The Morgan fingerprint density at radius 3 is 2.80 bits per heavy atom. The number of nitrogens with one attached hydrogen (secondary N) is 1. The van der Waals surface area contributed by atoms with Crippen molar-refractivity contribution in [1.82, 2.24) is 0 Å². The topological polar surface area (TPSA) is 64.3 Å². The van der Waals surface area contributed by atoms with Gasteiger partial charge in [0.2, 0.25) is 0 Å². The molecule has 0 saturated carbocycles. The molecule has 0 unspecified atom stereocenters. The first kappa shape index (κ1) is 14.4. The fraction of sp³-hybridized carbons (Fsp3) is 0.133. The highest BCUT2D eigenvalue weighted by molar-refractivity contribution is 9.10. The summed E-state index contributed by atoms with van der Waals surface area (Å²) in [6.07, 6.45) is 0. The summed E-state index contributed by atoms with van der Waals surface area (Å²) in [4.78, 5) is 12.2. The van der Waals surface area contributed by atoms with E-state index in [0.29, 0.717) is 29.3 Å². The summed E-state index contributed by atoms with van der Waals surface area (Å²) in [6.45, 7) is 2.49. The van der Waals surface area contributed by atoms with E-state index in [0.717, 1.165) is 4.47 Å². The fourth-order valence-corrected chi connectivity index (χ4v) is 2.15. The van der Waals surface area contributed by atoms with Crippen LogP contribution < -0.4 is 15.8 Å². The molecule has 2 aromatic rings. The summed E-state index contributed by atoms with van der Waals surface area (Å²) >= 11 is 3.31. The Bertz CT molecular complexity index is 629. The van der Waals surface area contributed by atoms with Crippen molar-refractivity contribution in [2.75, 3.05) is 17.7 Å². The van der Waals surface area contributed by atoms with Gasteiger partial charge in [-0.25, -0.2) is 0 Å². The van der Waals surface area contributed by atoms with Crippen LogP contribution in [0.15, 0.2) is 46.9 Å². The van der Waals surface area contributed by atoms with Gasteiger partial charge in [-0.15, -0.1) is 0 Å². The van der Waals surface area contributed by atoms with E-state index in [-0.39, 0.29) is 5.91 Å². The van der Waals surface area contributed by atoms with Crippen molar-refractivity contribution in [2.45, 2.75) is 6.92 Å². The number of rotatable bonds is 4. The van der Waals surface area contributed by atoms with Gasteiger partial charge in [0, 0.05) is 21.9 Å². The van der Waals surface area contributed by atoms with Crippen LogP contribution in [0.25, 0.3) is 0 Å². The number of nitrogen functional groups attached to an aromatic ring is 1. The smallest absolute Gasteiger partial charge is 0.257 e. The molecule has 0 aliphatic rings. The van der Waals surface area contributed by atoms with Gasteiger partial charge in [-0.3, -0.25) is 4.79 Å². The first-order valence-corrected chi connectivity index (χ1v) is 6.98. The van der Waals surface area contributed by atoms with Crippen LogP contribution in [0.1, 0.15) is 17.3 Å². The third-order valence-corrected chi connectivity index (χ3v) is 3.15. The van der Waals surface area contributed by atoms with Gasteiger partial charge in [0.25, 0.3) is 5.91 Å². The molecule has 4 nitrogen and oxygen atoms in total. The van der Waals surface area contributed by atoms with Crippen molar-refractivity contribution < 1.29 is 9.53 Å². The molecule has 3 N–H and O–H groups in total. The number of carbonyl (C=O) groups excluding carboxylic acids is 1. The lowest BCUT2D eigenvalue weighted by atomic mass is 10.1. The van der Waals surface area contributed by atoms with E-state index in [4.69, 9.17) is 10.5 Å². The molecular formula is C15H15BrN2O2. The molecule has 0 bridgehead atoms. The molecule has 0 heterocycles. The van der Waals surface area contributed by atoms with E-state index in [1.165, 1.54) is 0 Å². The lowest BCUT2D eigenvalue weighted by Gasteiger charge is -2.09. The summed E-state index contributed by atoms with van der Waals surface area (Å²) in [7, 11) is 0. The summed E-state index contributed by atoms with van der Waals surface area (Å²) < 4.78 is 6.23. The Kier molecular flexibility index (Phi) is 4.63. The van der Waals surface area contributed by atoms with Crippen molar-refractivity contribution in [3.05, 3.63) is 52.5 Å². The Hall–Kier alpha value is -2.01. The predicted octanol–water partition coefficient (Wildman–Crippen LogP) is 3.68. The number of benzene rings is 2. The molecular weight excluding hydrogens is 320 g/mol. The quantitative estimate of drug-likeness (QED) is 0.838. The van der Waals surface area contributed by atoms with Crippen LogP contribution in [0.3, 0.4) is 0 Å². The normalized spacial score (nSPS) is 10.1. The molecule has 104 valence electrons. The second-order valence-corrected chi connectivity index (χ2v) is 5.06. The maximum Gasteiger partial charge on any atom is 0.257 e. The van der Waals surface area contributed by atoms with Crippen molar-refractivity contribution in [1.29, 1.82) is 0 Å². The summed E-state index contributed by atoms with van der Waals surface area (Å²) in [5.74, 6) is 0.470. The van der Waals surface area contributed by atoms with Crippen LogP contribution in [0, 0.1) is 0 Å². The zero-order valence-corrected chi connectivity index (χ0v) is 12.6. The molecule has 0 saturated heterocycles. The van der Waals surface area contributed by atoms with Gasteiger partial charge < -0.3 is 15.8 Å². The van der Waals surface area contributed by atoms with E-state index < -0.39 is 0 Å². The van der Waals surface area contributed by atoms with Crippen LogP contribution in [0.4, 0.5) is 11.4 Å². The van der Waals surface area contributed by atoms with E-state index in [9.17, 15) is 4.79 Å². The zero-order chi connectivity index (χ0) is 14.5. The first-order chi connectivity index (χ1) is 9.60. The highest BCUT2D eigenvalue weighted by Crippen LogP contribution is 2.21. The summed E-state index contributed by atoms with van der Waals surface area (Å²) in [5, 5.41) is 2.80. The molecule has 0 aliphatic carbocycles. The molecule has 1 amide bonds. The number of nitrogens with two attached hydrogens (primary N) is 1. The van der Waals surface area contributed by atoms with Crippen LogP contribution in [-0.2, 0) is 0 Å². The van der Waals surface area contributed by atoms with Gasteiger partial charge in [0.1, 0.15) is 5.75 Å². The molecule has 0 aliphatic heterocycles. The van der Waals surface area contributed by atoms with E-state index in [1.54, 1.807) is 30.3 Å². The number of carbonyl (C=O) groups is 1. The van der Waals surface area contributed by atoms with Gasteiger partial charge in [0.05, 0.1) is 12.2 Å². The number of amides is 1. The minimum absolute atomic E-state index is 0.247. The minimum Gasteiger partial charge on any atom is -0.494 e. The van der Waals surface area contributed by atoms with Gasteiger partial charge in [-0.05, 0) is 37.3 Å². The number of anilines is 2. The maximum absolute atomic E-state index is 12.2. The van der Waals surface area contributed by atoms with Gasteiger partial charge in [-0.2, -0.15) is 0 Å². The lowest BCUT2D eigenvalue weighted by Crippen LogP contribution is -2.14. The van der Waals surface area contributed by atoms with Gasteiger partial charge in [0.15, 0.2) is 0 Å². The number of hydrogen-bond acceptors (Lipinski definition) is 3. The Morgan fingerprint density at radius 2 is 2.10 bits per heavy atom.